The Morgan fingerprint density at radius 3 is 1.52 bits per heavy atom. The lowest BCUT2D eigenvalue weighted by atomic mass is 9.98. The molecule has 0 saturated carbocycles. The molecule has 1 heterocycles. The molecule has 152 valence electrons. The predicted molar refractivity (Wildman–Crippen MR) is 83.7 cm³/mol. The minimum absolute atomic E-state index is 0.393. The second-order valence-corrected chi connectivity index (χ2v) is 5.68. The molecule has 0 N–H and O–H groups in total. The molecule has 1 rings (SSSR count). The van der Waals surface area contributed by atoms with Crippen LogP contribution in [0.15, 0.2) is 0 Å². The van der Waals surface area contributed by atoms with Crippen LogP contribution in [0.5, 0.6) is 0 Å². The molecule has 1 fully saturated rings. The summed E-state index contributed by atoms with van der Waals surface area (Å²) in [6.45, 7) is 5.13. The van der Waals surface area contributed by atoms with Gasteiger partial charge >= 0.3 is 29.8 Å². The average molecular weight is 390 g/mol. The molecule has 0 aromatic heterocycles. The van der Waals surface area contributed by atoms with Crippen LogP contribution in [-0.2, 0) is 52.4 Å². The van der Waals surface area contributed by atoms with Crippen molar-refractivity contribution in [2.24, 2.45) is 0 Å². The van der Waals surface area contributed by atoms with Gasteiger partial charge in [-0.25, -0.2) is 0 Å². The second-order valence-electron chi connectivity index (χ2n) is 5.68. The van der Waals surface area contributed by atoms with Crippen LogP contribution in [0.4, 0.5) is 0 Å². The van der Waals surface area contributed by atoms with Gasteiger partial charge in [-0.2, -0.15) is 0 Å². The van der Waals surface area contributed by atoms with Crippen LogP contribution in [0.2, 0.25) is 0 Å². The largest absolute Gasteiger partial charge is 0.463 e. The maximum atomic E-state index is 11.5. The summed E-state index contributed by atoms with van der Waals surface area (Å²) in [5.41, 5.74) is 0. The van der Waals surface area contributed by atoms with Gasteiger partial charge in [0.05, 0.1) is 0 Å². The van der Waals surface area contributed by atoms with Crippen molar-refractivity contribution in [3.05, 3.63) is 0 Å². The van der Waals surface area contributed by atoms with Crippen molar-refractivity contribution in [2.75, 3.05) is 6.61 Å². The van der Waals surface area contributed by atoms with Crippen LogP contribution in [0.25, 0.3) is 0 Å². The fourth-order valence-corrected chi connectivity index (χ4v) is 2.45. The van der Waals surface area contributed by atoms with Gasteiger partial charge in [0.1, 0.15) is 12.7 Å². The molecule has 0 aromatic carbocycles. The lowest BCUT2D eigenvalue weighted by Crippen LogP contribution is -2.63. The van der Waals surface area contributed by atoms with E-state index in [2.05, 4.69) is 0 Å². The van der Waals surface area contributed by atoms with Gasteiger partial charge in [0.15, 0.2) is 12.2 Å². The molecule has 0 aliphatic carbocycles. The SMILES string of the molecule is CC(=O)OC[C@@H]1OC(OC(C)=O)[C@H](OC(C)=O)[C@H](OC(C)=O)[C@@H]1OC(C)=O. The van der Waals surface area contributed by atoms with Gasteiger partial charge in [0.25, 0.3) is 0 Å². The van der Waals surface area contributed by atoms with E-state index in [1.807, 2.05) is 0 Å². The van der Waals surface area contributed by atoms with E-state index in [1.54, 1.807) is 0 Å². The lowest BCUT2D eigenvalue weighted by Gasteiger charge is -2.43. The summed E-state index contributed by atoms with van der Waals surface area (Å²) in [5.74, 6) is -3.71. The molecule has 11 nitrogen and oxygen atoms in total. The molecule has 0 amide bonds. The summed E-state index contributed by atoms with van der Waals surface area (Å²) in [6, 6.07) is 0. The Morgan fingerprint density at radius 1 is 0.630 bits per heavy atom. The molecular weight excluding hydrogens is 368 g/mol. The number of carbonyl (C=O) groups is 5. The first-order valence-electron chi connectivity index (χ1n) is 7.99. The number of carbonyl (C=O) groups excluding carboxylic acids is 5. The number of rotatable bonds is 6. The van der Waals surface area contributed by atoms with Crippen molar-refractivity contribution in [3.8, 4) is 0 Å². The Labute approximate surface area is 155 Å². The zero-order valence-electron chi connectivity index (χ0n) is 15.6. The van der Waals surface area contributed by atoms with E-state index >= 15 is 0 Å². The minimum atomic E-state index is -1.48. The van der Waals surface area contributed by atoms with E-state index in [1.165, 1.54) is 0 Å². The molecular formula is C16H22O11. The van der Waals surface area contributed by atoms with Crippen molar-refractivity contribution >= 4 is 29.8 Å². The Morgan fingerprint density at radius 2 is 1.07 bits per heavy atom. The van der Waals surface area contributed by atoms with Crippen LogP contribution in [0.3, 0.4) is 0 Å². The maximum absolute atomic E-state index is 11.5. The molecule has 0 spiro atoms. The van der Waals surface area contributed by atoms with Gasteiger partial charge in [0, 0.05) is 34.6 Å². The monoisotopic (exact) mass is 390 g/mol. The van der Waals surface area contributed by atoms with Crippen LogP contribution in [0, 0.1) is 0 Å². The third-order valence-electron chi connectivity index (χ3n) is 3.23. The third kappa shape index (κ3) is 7.21. The summed E-state index contributed by atoms with van der Waals surface area (Å²) in [5, 5.41) is 0. The van der Waals surface area contributed by atoms with Crippen LogP contribution in [-0.4, -0.2) is 67.2 Å². The zero-order chi connectivity index (χ0) is 20.7. The molecule has 0 radical (unpaired) electrons. The Bertz CT molecular complexity index is 599. The van der Waals surface area contributed by atoms with Gasteiger partial charge in [0.2, 0.25) is 12.4 Å². The molecule has 0 aromatic rings. The van der Waals surface area contributed by atoms with E-state index in [0.717, 1.165) is 34.6 Å². The number of esters is 5. The molecule has 1 aliphatic rings. The minimum Gasteiger partial charge on any atom is -0.463 e. The Balaban J connectivity index is 3.29. The number of ether oxygens (including phenoxy) is 6. The fourth-order valence-electron chi connectivity index (χ4n) is 2.45. The maximum Gasteiger partial charge on any atom is 0.305 e. The molecule has 1 unspecified atom stereocenters. The van der Waals surface area contributed by atoms with Gasteiger partial charge in [-0.15, -0.1) is 0 Å². The number of hydrogen-bond donors (Lipinski definition) is 0. The summed E-state index contributed by atoms with van der Waals surface area (Å²) in [7, 11) is 0. The van der Waals surface area contributed by atoms with Crippen LogP contribution < -0.4 is 0 Å². The molecule has 1 saturated heterocycles. The first-order chi connectivity index (χ1) is 12.5. The van der Waals surface area contributed by atoms with Crippen LogP contribution in [0.1, 0.15) is 34.6 Å². The Kier molecular flexibility index (Phi) is 8.16. The van der Waals surface area contributed by atoms with Gasteiger partial charge in [-0.3, -0.25) is 24.0 Å². The number of hydrogen-bond acceptors (Lipinski definition) is 11. The van der Waals surface area contributed by atoms with Crippen molar-refractivity contribution in [2.45, 2.75) is 65.3 Å². The fraction of sp³-hybridized carbons (Fsp3) is 0.688. The highest BCUT2D eigenvalue weighted by molar-refractivity contribution is 5.69. The standard InChI is InChI=1S/C16H22O11/c1-7(17)22-6-12-13(23-8(2)18)14(24-9(3)19)15(25-10(4)20)16(27-12)26-11(5)21/h12-16H,6H2,1-5H3/t12-,13+,14+,15+,16?/m0/s1. The quantitative estimate of drug-likeness (QED) is 0.433. The van der Waals surface area contributed by atoms with E-state index in [-0.39, 0.29) is 0 Å². The predicted octanol–water partition coefficient (Wildman–Crippen LogP) is -0.367. The summed E-state index contributed by atoms with van der Waals surface area (Å²) in [6.07, 6.45) is -6.70. The zero-order valence-corrected chi connectivity index (χ0v) is 15.6. The highest BCUT2D eigenvalue weighted by Gasteiger charge is 2.53. The average Bonchev–Trinajstić information content (AvgIpc) is 2.49. The van der Waals surface area contributed by atoms with Crippen molar-refractivity contribution in [1.82, 2.24) is 0 Å². The smallest absolute Gasteiger partial charge is 0.305 e. The third-order valence-corrected chi connectivity index (χ3v) is 3.23. The van der Waals surface area contributed by atoms with E-state index in [9.17, 15) is 24.0 Å². The molecule has 11 heteroatoms. The molecule has 27 heavy (non-hydrogen) atoms. The Hall–Kier alpha value is -2.69. The first kappa shape index (κ1) is 22.4. The molecule has 1 aliphatic heterocycles. The van der Waals surface area contributed by atoms with Crippen LogP contribution >= 0.6 is 0 Å². The summed E-state index contributed by atoms with van der Waals surface area (Å²) < 4.78 is 30.8. The lowest BCUT2D eigenvalue weighted by molar-refractivity contribution is -0.300. The van der Waals surface area contributed by atoms with Gasteiger partial charge in [-0.05, 0) is 0 Å². The first-order valence-corrected chi connectivity index (χ1v) is 7.99. The van der Waals surface area contributed by atoms with Gasteiger partial charge < -0.3 is 28.4 Å². The topological polar surface area (TPSA) is 141 Å². The second kappa shape index (κ2) is 9.86. The molecule has 5 atom stereocenters. The highest BCUT2D eigenvalue weighted by Crippen LogP contribution is 2.29. The summed E-state index contributed by atoms with van der Waals surface area (Å²) in [4.78, 5) is 57.0. The van der Waals surface area contributed by atoms with E-state index < -0.39 is 67.2 Å². The van der Waals surface area contributed by atoms with Crippen molar-refractivity contribution in [3.63, 3.8) is 0 Å². The van der Waals surface area contributed by atoms with Crippen molar-refractivity contribution < 1.29 is 52.4 Å². The summed E-state index contributed by atoms with van der Waals surface area (Å²) >= 11 is 0. The molecule has 0 bridgehead atoms. The highest BCUT2D eigenvalue weighted by atomic mass is 16.7. The normalized spacial score (nSPS) is 27.1. The van der Waals surface area contributed by atoms with Gasteiger partial charge in [-0.1, -0.05) is 0 Å². The van der Waals surface area contributed by atoms with Crippen molar-refractivity contribution in [1.29, 1.82) is 0 Å². The van der Waals surface area contributed by atoms with E-state index in [0.29, 0.717) is 0 Å². The van der Waals surface area contributed by atoms with E-state index in [4.69, 9.17) is 28.4 Å².